The molecule has 6 heteroatoms. The first kappa shape index (κ1) is 17.9. The topological polar surface area (TPSA) is 71.3 Å². The molecule has 0 radical (unpaired) electrons. The van der Waals surface area contributed by atoms with Gasteiger partial charge < -0.3 is 14.7 Å². The molecule has 1 aromatic heterocycles. The number of rotatable bonds is 7. The molecule has 0 unspecified atom stereocenters. The number of hydrogen-bond acceptors (Lipinski definition) is 5. The van der Waals surface area contributed by atoms with Crippen molar-refractivity contribution in [3.63, 3.8) is 0 Å². The molecule has 1 aliphatic heterocycles. The largest absolute Gasteiger partial charge is 0.342 e. The van der Waals surface area contributed by atoms with Gasteiger partial charge in [0.15, 0.2) is 5.82 Å². The van der Waals surface area contributed by atoms with E-state index in [4.69, 9.17) is 4.52 Å². The standard InChI is InChI=1S/C17H30N4O2/c1-5-8-15-19-17(23-20-15)12(4)18-14-9-10-21(16(22)7-3)11-13(14)6-2/h12-14,18H,5-11H2,1-4H3/t12-,13-,14-/m0/s1. The van der Waals surface area contributed by atoms with Crippen molar-refractivity contribution in [3.8, 4) is 0 Å². The van der Waals surface area contributed by atoms with Gasteiger partial charge in [-0.2, -0.15) is 4.98 Å². The molecule has 0 aromatic carbocycles. The van der Waals surface area contributed by atoms with E-state index >= 15 is 0 Å². The summed E-state index contributed by atoms with van der Waals surface area (Å²) < 4.78 is 5.38. The summed E-state index contributed by atoms with van der Waals surface area (Å²) in [5.41, 5.74) is 0. The molecule has 1 N–H and O–H groups in total. The second-order valence-electron chi connectivity index (χ2n) is 6.44. The van der Waals surface area contributed by atoms with Gasteiger partial charge in [0.05, 0.1) is 6.04 Å². The van der Waals surface area contributed by atoms with Gasteiger partial charge in [-0.1, -0.05) is 32.3 Å². The Hall–Kier alpha value is -1.43. The van der Waals surface area contributed by atoms with Crippen LogP contribution in [-0.4, -0.2) is 40.1 Å². The van der Waals surface area contributed by atoms with Crippen LogP contribution in [-0.2, 0) is 11.2 Å². The van der Waals surface area contributed by atoms with Crippen LogP contribution in [0.25, 0.3) is 0 Å². The van der Waals surface area contributed by atoms with Crippen molar-refractivity contribution >= 4 is 5.91 Å². The minimum absolute atomic E-state index is 0.0422. The van der Waals surface area contributed by atoms with Crippen LogP contribution in [0.3, 0.4) is 0 Å². The molecule has 3 atom stereocenters. The number of piperidine rings is 1. The normalized spacial score (nSPS) is 23.0. The molecule has 130 valence electrons. The summed E-state index contributed by atoms with van der Waals surface area (Å²) in [6, 6.07) is 0.429. The monoisotopic (exact) mass is 322 g/mol. The highest BCUT2D eigenvalue weighted by Gasteiger charge is 2.31. The van der Waals surface area contributed by atoms with Crippen LogP contribution in [0.5, 0.6) is 0 Å². The summed E-state index contributed by atoms with van der Waals surface area (Å²) in [5.74, 6) is 2.18. The van der Waals surface area contributed by atoms with Gasteiger partial charge in [0.25, 0.3) is 0 Å². The molecule has 6 nitrogen and oxygen atoms in total. The Kier molecular flexibility index (Phi) is 6.57. The number of aromatic nitrogens is 2. The second-order valence-corrected chi connectivity index (χ2v) is 6.44. The number of carbonyl (C=O) groups is 1. The third-order valence-electron chi connectivity index (χ3n) is 4.71. The van der Waals surface area contributed by atoms with Crippen molar-refractivity contribution in [1.29, 1.82) is 0 Å². The van der Waals surface area contributed by atoms with Gasteiger partial charge >= 0.3 is 0 Å². The molecule has 1 amide bonds. The van der Waals surface area contributed by atoms with E-state index < -0.39 is 0 Å². The first-order chi connectivity index (χ1) is 11.1. The van der Waals surface area contributed by atoms with Crippen LogP contribution in [0.2, 0.25) is 0 Å². The fraction of sp³-hybridized carbons (Fsp3) is 0.824. The zero-order valence-corrected chi connectivity index (χ0v) is 14.8. The summed E-state index contributed by atoms with van der Waals surface area (Å²) in [7, 11) is 0. The van der Waals surface area contributed by atoms with Gasteiger partial charge in [-0.15, -0.1) is 0 Å². The number of likely N-dealkylation sites (tertiary alicyclic amines) is 1. The zero-order valence-electron chi connectivity index (χ0n) is 14.8. The number of amides is 1. The maximum atomic E-state index is 11.9. The average Bonchev–Trinajstić information content (AvgIpc) is 3.03. The van der Waals surface area contributed by atoms with Crippen molar-refractivity contribution in [2.75, 3.05) is 13.1 Å². The van der Waals surface area contributed by atoms with E-state index in [2.05, 4.69) is 36.2 Å². The van der Waals surface area contributed by atoms with Gasteiger partial charge in [0.2, 0.25) is 11.8 Å². The fourth-order valence-corrected chi connectivity index (χ4v) is 3.28. The third-order valence-corrected chi connectivity index (χ3v) is 4.71. The maximum absolute atomic E-state index is 11.9. The van der Waals surface area contributed by atoms with Crippen molar-refractivity contribution < 1.29 is 9.32 Å². The molecule has 0 saturated carbocycles. The van der Waals surface area contributed by atoms with E-state index in [-0.39, 0.29) is 11.9 Å². The lowest BCUT2D eigenvalue weighted by molar-refractivity contribution is -0.133. The number of nitrogens with zero attached hydrogens (tertiary/aromatic N) is 3. The van der Waals surface area contributed by atoms with Gasteiger partial charge in [-0.25, -0.2) is 0 Å². The van der Waals surface area contributed by atoms with Crippen molar-refractivity contribution in [1.82, 2.24) is 20.4 Å². The predicted octanol–water partition coefficient (Wildman–Crippen LogP) is 2.71. The highest BCUT2D eigenvalue weighted by molar-refractivity contribution is 5.75. The Bertz CT molecular complexity index is 503. The van der Waals surface area contributed by atoms with Crippen LogP contribution in [0.15, 0.2) is 4.52 Å². The lowest BCUT2D eigenvalue weighted by atomic mass is 9.89. The molecule has 0 spiro atoms. The van der Waals surface area contributed by atoms with Crippen LogP contribution in [0.1, 0.15) is 71.1 Å². The van der Waals surface area contributed by atoms with Crippen LogP contribution in [0.4, 0.5) is 0 Å². The molecule has 2 rings (SSSR count). The summed E-state index contributed by atoms with van der Waals surface area (Å²) in [6.07, 6.45) is 4.49. The fourth-order valence-electron chi connectivity index (χ4n) is 3.28. The summed E-state index contributed by atoms with van der Waals surface area (Å²) in [6.45, 7) is 9.97. The minimum atomic E-state index is 0.0422. The predicted molar refractivity (Wildman–Crippen MR) is 88.9 cm³/mol. The van der Waals surface area contributed by atoms with E-state index in [1.165, 1.54) is 0 Å². The van der Waals surface area contributed by atoms with Gasteiger partial charge in [0, 0.05) is 32.0 Å². The molecule has 1 aliphatic rings. The molecule has 1 saturated heterocycles. The van der Waals surface area contributed by atoms with Gasteiger partial charge in [-0.3, -0.25) is 4.79 Å². The lowest BCUT2D eigenvalue weighted by Crippen LogP contribution is -2.51. The van der Waals surface area contributed by atoms with E-state index in [0.29, 0.717) is 24.3 Å². The third kappa shape index (κ3) is 4.53. The number of hydrogen-bond donors (Lipinski definition) is 1. The molecule has 0 aliphatic carbocycles. The Morgan fingerprint density at radius 1 is 1.43 bits per heavy atom. The molecule has 1 aromatic rings. The number of aryl methyl sites for hydroxylation is 1. The maximum Gasteiger partial charge on any atom is 0.243 e. The van der Waals surface area contributed by atoms with Crippen molar-refractivity contribution in [2.24, 2.45) is 5.92 Å². The quantitative estimate of drug-likeness (QED) is 0.835. The zero-order chi connectivity index (χ0) is 16.8. The van der Waals surface area contributed by atoms with Crippen LogP contribution < -0.4 is 5.32 Å². The Balaban J connectivity index is 1.94. The Morgan fingerprint density at radius 2 is 2.22 bits per heavy atom. The van der Waals surface area contributed by atoms with E-state index in [0.717, 1.165) is 44.6 Å². The molecular weight excluding hydrogens is 292 g/mol. The molecule has 2 heterocycles. The minimum Gasteiger partial charge on any atom is -0.342 e. The first-order valence-corrected chi connectivity index (χ1v) is 8.95. The molecule has 0 bridgehead atoms. The SMILES string of the molecule is CCCc1noc([C@H](C)N[C@H]2CCN(C(=O)CC)C[C@@H]2CC)n1. The molecular formula is C17H30N4O2. The van der Waals surface area contributed by atoms with E-state index in [1.807, 2.05) is 11.8 Å². The first-order valence-electron chi connectivity index (χ1n) is 8.95. The average molecular weight is 322 g/mol. The van der Waals surface area contributed by atoms with E-state index in [9.17, 15) is 4.79 Å². The summed E-state index contributed by atoms with van der Waals surface area (Å²) >= 11 is 0. The van der Waals surface area contributed by atoms with Crippen LogP contribution in [0, 0.1) is 5.92 Å². The summed E-state index contributed by atoms with van der Waals surface area (Å²) in [4.78, 5) is 18.4. The highest BCUT2D eigenvalue weighted by atomic mass is 16.5. The van der Waals surface area contributed by atoms with Crippen molar-refractivity contribution in [3.05, 3.63) is 11.7 Å². The van der Waals surface area contributed by atoms with E-state index in [1.54, 1.807) is 0 Å². The Labute approximate surface area is 139 Å². The van der Waals surface area contributed by atoms with Crippen molar-refractivity contribution in [2.45, 2.75) is 71.9 Å². The lowest BCUT2D eigenvalue weighted by Gasteiger charge is -2.39. The highest BCUT2D eigenvalue weighted by Crippen LogP contribution is 2.23. The number of nitrogens with one attached hydrogen (secondary N) is 1. The van der Waals surface area contributed by atoms with Crippen LogP contribution >= 0.6 is 0 Å². The smallest absolute Gasteiger partial charge is 0.243 e. The molecule has 1 fully saturated rings. The Morgan fingerprint density at radius 3 is 2.87 bits per heavy atom. The number of carbonyl (C=O) groups excluding carboxylic acids is 1. The van der Waals surface area contributed by atoms with Gasteiger partial charge in [0.1, 0.15) is 0 Å². The molecule has 23 heavy (non-hydrogen) atoms. The van der Waals surface area contributed by atoms with Gasteiger partial charge in [-0.05, 0) is 25.7 Å². The second kappa shape index (κ2) is 8.43. The summed E-state index contributed by atoms with van der Waals surface area (Å²) in [5, 5.41) is 7.66.